The highest BCUT2D eigenvalue weighted by molar-refractivity contribution is 5.20. The average molecular weight is 292 g/mol. The lowest BCUT2D eigenvalue weighted by Gasteiger charge is -2.39. The maximum absolute atomic E-state index is 6.53. The molecule has 2 N–H and O–H groups in total. The summed E-state index contributed by atoms with van der Waals surface area (Å²) < 4.78 is 5.25. The largest absolute Gasteiger partial charge is 0.383 e. The molecule has 1 rings (SSSR count). The molecule has 0 spiro atoms. The van der Waals surface area contributed by atoms with Gasteiger partial charge in [0.05, 0.1) is 6.61 Å². The molecular weight excluding hydrogens is 260 g/mol. The molecule has 21 heavy (non-hydrogen) atoms. The normalized spacial score (nSPS) is 15.2. The molecule has 0 saturated heterocycles. The lowest BCUT2D eigenvalue weighted by atomic mass is 9.80. The molecule has 0 aliphatic rings. The fraction of sp³-hybridized carbons (Fsp3) is 0.667. The van der Waals surface area contributed by atoms with Gasteiger partial charge in [0.2, 0.25) is 0 Å². The summed E-state index contributed by atoms with van der Waals surface area (Å²) in [5.74, 6) is 0. The van der Waals surface area contributed by atoms with Gasteiger partial charge in [-0.1, -0.05) is 51.1 Å². The van der Waals surface area contributed by atoms with E-state index >= 15 is 0 Å². The molecule has 0 fully saturated rings. The summed E-state index contributed by atoms with van der Waals surface area (Å²) in [7, 11) is 1.76. The lowest BCUT2D eigenvalue weighted by molar-refractivity contribution is 0.0797. The molecule has 0 heterocycles. The van der Waals surface area contributed by atoms with Crippen LogP contribution in [0.4, 0.5) is 0 Å². The molecule has 0 aromatic heterocycles. The van der Waals surface area contributed by atoms with E-state index in [1.54, 1.807) is 7.11 Å². The Balaban J connectivity index is 2.79. The van der Waals surface area contributed by atoms with E-state index < -0.39 is 0 Å². The van der Waals surface area contributed by atoms with Gasteiger partial charge in [-0.3, -0.25) is 4.90 Å². The Kier molecular flexibility index (Phi) is 7.36. The van der Waals surface area contributed by atoms with Crippen LogP contribution in [0.1, 0.15) is 45.7 Å². The molecule has 0 saturated carbocycles. The van der Waals surface area contributed by atoms with Crippen LogP contribution in [-0.4, -0.2) is 37.7 Å². The fourth-order valence-corrected chi connectivity index (χ4v) is 2.66. The minimum absolute atomic E-state index is 0.0124. The quantitative estimate of drug-likeness (QED) is 0.757. The third-order valence-corrected chi connectivity index (χ3v) is 4.41. The summed E-state index contributed by atoms with van der Waals surface area (Å²) in [6, 6.07) is 11.0. The summed E-state index contributed by atoms with van der Waals surface area (Å²) in [5.41, 5.74) is 7.75. The third-order valence-electron chi connectivity index (χ3n) is 4.41. The average Bonchev–Trinajstić information content (AvgIpc) is 2.50. The first-order chi connectivity index (χ1) is 9.92. The Bertz CT molecular complexity index is 391. The zero-order valence-electron chi connectivity index (χ0n) is 14.3. The highest BCUT2D eigenvalue weighted by Gasteiger charge is 2.31. The summed E-state index contributed by atoms with van der Waals surface area (Å²) in [4.78, 5) is 2.49. The minimum Gasteiger partial charge on any atom is -0.383 e. The van der Waals surface area contributed by atoms with Crippen LogP contribution in [-0.2, 0) is 4.74 Å². The summed E-state index contributed by atoms with van der Waals surface area (Å²) >= 11 is 0. The number of benzene rings is 1. The van der Waals surface area contributed by atoms with Gasteiger partial charge in [-0.15, -0.1) is 0 Å². The molecule has 1 aromatic rings. The van der Waals surface area contributed by atoms with Crippen molar-refractivity contribution in [2.24, 2.45) is 11.1 Å². The number of rotatable bonds is 9. The van der Waals surface area contributed by atoms with Gasteiger partial charge in [-0.05, 0) is 24.3 Å². The predicted octanol–water partition coefficient (Wildman–Crippen LogP) is 3.46. The van der Waals surface area contributed by atoms with E-state index in [4.69, 9.17) is 10.5 Å². The molecule has 1 aromatic carbocycles. The number of hydrogen-bond donors (Lipinski definition) is 1. The van der Waals surface area contributed by atoms with Gasteiger partial charge < -0.3 is 10.5 Å². The van der Waals surface area contributed by atoms with Crippen LogP contribution in [0, 0.1) is 5.41 Å². The molecule has 120 valence electrons. The van der Waals surface area contributed by atoms with E-state index in [2.05, 4.69) is 56.9 Å². The Morgan fingerprint density at radius 1 is 1.24 bits per heavy atom. The van der Waals surface area contributed by atoms with Crippen molar-refractivity contribution in [3.05, 3.63) is 35.9 Å². The zero-order chi connectivity index (χ0) is 15.9. The van der Waals surface area contributed by atoms with Crippen molar-refractivity contribution >= 4 is 0 Å². The number of hydrogen-bond acceptors (Lipinski definition) is 3. The van der Waals surface area contributed by atoms with Crippen molar-refractivity contribution in [2.45, 2.75) is 46.2 Å². The number of ether oxygens (including phenoxy) is 1. The Hall–Kier alpha value is -0.900. The van der Waals surface area contributed by atoms with Gasteiger partial charge in [-0.25, -0.2) is 0 Å². The van der Waals surface area contributed by atoms with Crippen LogP contribution in [0.15, 0.2) is 30.3 Å². The van der Waals surface area contributed by atoms with Gasteiger partial charge >= 0.3 is 0 Å². The van der Waals surface area contributed by atoms with E-state index in [0.29, 0.717) is 6.04 Å². The van der Waals surface area contributed by atoms with Crippen LogP contribution in [0.3, 0.4) is 0 Å². The summed E-state index contributed by atoms with van der Waals surface area (Å²) in [6.07, 6.45) is 1.14. The first-order valence-electron chi connectivity index (χ1n) is 7.96. The molecule has 0 radical (unpaired) electrons. The van der Waals surface area contributed by atoms with Crippen molar-refractivity contribution in [1.82, 2.24) is 4.90 Å². The van der Waals surface area contributed by atoms with Gasteiger partial charge in [0.25, 0.3) is 0 Å². The van der Waals surface area contributed by atoms with E-state index in [1.165, 1.54) is 5.56 Å². The molecule has 0 bridgehead atoms. The molecule has 2 unspecified atom stereocenters. The van der Waals surface area contributed by atoms with Crippen molar-refractivity contribution in [3.63, 3.8) is 0 Å². The highest BCUT2D eigenvalue weighted by atomic mass is 16.5. The SMILES string of the molecule is CCC(C)N(CCOC)CC(C)(C)C(N)c1ccccc1. The van der Waals surface area contributed by atoms with Crippen molar-refractivity contribution in [1.29, 1.82) is 0 Å². The topological polar surface area (TPSA) is 38.5 Å². The Labute approximate surface area is 130 Å². The van der Waals surface area contributed by atoms with Crippen LogP contribution in [0.25, 0.3) is 0 Å². The maximum Gasteiger partial charge on any atom is 0.0589 e. The Morgan fingerprint density at radius 2 is 1.86 bits per heavy atom. The highest BCUT2D eigenvalue weighted by Crippen LogP contribution is 2.32. The first kappa shape index (κ1) is 18.1. The Morgan fingerprint density at radius 3 is 2.38 bits per heavy atom. The molecule has 0 aliphatic carbocycles. The smallest absolute Gasteiger partial charge is 0.0589 e. The van der Waals surface area contributed by atoms with Crippen molar-refractivity contribution < 1.29 is 4.74 Å². The van der Waals surface area contributed by atoms with E-state index in [0.717, 1.165) is 26.1 Å². The second-order valence-electron chi connectivity index (χ2n) is 6.60. The first-order valence-corrected chi connectivity index (χ1v) is 7.96. The predicted molar refractivity (Wildman–Crippen MR) is 90.4 cm³/mol. The van der Waals surface area contributed by atoms with Crippen LogP contribution in [0.2, 0.25) is 0 Å². The molecule has 0 amide bonds. The van der Waals surface area contributed by atoms with Crippen molar-refractivity contribution in [2.75, 3.05) is 26.8 Å². The standard InChI is InChI=1S/C18H32N2O/c1-6-15(2)20(12-13-21-5)14-18(3,4)17(19)16-10-8-7-9-11-16/h7-11,15,17H,6,12-14,19H2,1-5H3. The summed E-state index contributed by atoms with van der Waals surface area (Å²) in [5, 5.41) is 0. The van der Waals surface area contributed by atoms with E-state index in [1.807, 2.05) is 6.07 Å². The van der Waals surface area contributed by atoms with Gasteiger partial charge in [-0.2, -0.15) is 0 Å². The summed E-state index contributed by atoms with van der Waals surface area (Å²) in [6.45, 7) is 11.7. The van der Waals surface area contributed by atoms with Crippen molar-refractivity contribution in [3.8, 4) is 0 Å². The number of methoxy groups -OCH3 is 1. The second kappa shape index (κ2) is 8.52. The molecule has 3 nitrogen and oxygen atoms in total. The maximum atomic E-state index is 6.53. The number of nitrogens with zero attached hydrogens (tertiary/aromatic N) is 1. The van der Waals surface area contributed by atoms with Crippen LogP contribution in [0.5, 0.6) is 0 Å². The van der Waals surface area contributed by atoms with Gasteiger partial charge in [0.15, 0.2) is 0 Å². The molecule has 2 atom stereocenters. The number of nitrogens with two attached hydrogens (primary N) is 1. The van der Waals surface area contributed by atoms with E-state index in [9.17, 15) is 0 Å². The minimum atomic E-state index is 0.0124. The van der Waals surface area contributed by atoms with Gasteiger partial charge in [0, 0.05) is 32.3 Å². The van der Waals surface area contributed by atoms with Crippen LogP contribution >= 0.6 is 0 Å². The third kappa shape index (κ3) is 5.42. The van der Waals surface area contributed by atoms with E-state index in [-0.39, 0.29) is 11.5 Å². The zero-order valence-corrected chi connectivity index (χ0v) is 14.3. The molecule has 0 aliphatic heterocycles. The monoisotopic (exact) mass is 292 g/mol. The molecular formula is C18H32N2O. The lowest BCUT2D eigenvalue weighted by Crippen LogP contribution is -2.45. The second-order valence-corrected chi connectivity index (χ2v) is 6.60. The van der Waals surface area contributed by atoms with Gasteiger partial charge in [0.1, 0.15) is 0 Å². The fourth-order valence-electron chi connectivity index (χ4n) is 2.66. The molecule has 3 heteroatoms. The van der Waals surface area contributed by atoms with Crippen LogP contribution < -0.4 is 5.73 Å².